The van der Waals surface area contributed by atoms with Gasteiger partial charge >= 0.3 is 0 Å². The highest BCUT2D eigenvalue weighted by atomic mass is 16.3. The van der Waals surface area contributed by atoms with Crippen LogP contribution in [0.15, 0.2) is 18.2 Å². The second kappa shape index (κ2) is 8.22. The summed E-state index contributed by atoms with van der Waals surface area (Å²) in [4.78, 5) is 12.8. The van der Waals surface area contributed by atoms with Crippen molar-refractivity contribution >= 4 is 5.91 Å². The highest BCUT2D eigenvalue weighted by molar-refractivity contribution is 5.82. The van der Waals surface area contributed by atoms with Gasteiger partial charge in [-0.05, 0) is 47.9 Å². The molecule has 2 aliphatic rings. The molecule has 1 aromatic carbocycles. The van der Waals surface area contributed by atoms with Crippen LogP contribution < -0.4 is 10.6 Å². The van der Waals surface area contributed by atoms with Gasteiger partial charge in [0.15, 0.2) is 0 Å². The second-order valence-corrected chi connectivity index (χ2v) is 8.19. The van der Waals surface area contributed by atoms with Gasteiger partial charge in [0.05, 0.1) is 6.04 Å². The van der Waals surface area contributed by atoms with Crippen molar-refractivity contribution in [3.63, 3.8) is 0 Å². The zero-order valence-electron chi connectivity index (χ0n) is 15.6. The summed E-state index contributed by atoms with van der Waals surface area (Å²) < 4.78 is 0. The first-order valence-corrected chi connectivity index (χ1v) is 9.87. The van der Waals surface area contributed by atoms with Crippen LogP contribution in [0.25, 0.3) is 0 Å². The van der Waals surface area contributed by atoms with E-state index in [1.54, 1.807) is 12.1 Å². The number of phenols is 1. The lowest BCUT2D eigenvalue weighted by atomic mass is 9.82. The van der Waals surface area contributed by atoms with Crippen LogP contribution in [0.5, 0.6) is 5.75 Å². The van der Waals surface area contributed by atoms with Crippen LogP contribution in [0.2, 0.25) is 0 Å². The molecule has 0 radical (unpaired) electrons. The van der Waals surface area contributed by atoms with E-state index < -0.39 is 0 Å². The molecule has 1 aliphatic heterocycles. The van der Waals surface area contributed by atoms with Gasteiger partial charge < -0.3 is 15.7 Å². The highest BCUT2D eigenvalue weighted by Gasteiger charge is 2.28. The Morgan fingerprint density at radius 2 is 2.00 bits per heavy atom. The van der Waals surface area contributed by atoms with E-state index in [-0.39, 0.29) is 23.7 Å². The molecule has 1 fully saturated rings. The average Bonchev–Trinajstić information content (AvgIpc) is 2.61. The molecule has 4 nitrogen and oxygen atoms in total. The third kappa shape index (κ3) is 4.75. The lowest BCUT2D eigenvalue weighted by molar-refractivity contribution is -0.124. The van der Waals surface area contributed by atoms with E-state index >= 15 is 0 Å². The lowest BCUT2D eigenvalue weighted by Crippen LogP contribution is -2.52. The number of rotatable bonds is 5. The third-order valence-electron chi connectivity index (χ3n) is 5.91. The van der Waals surface area contributed by atoms with Crippen molar-refractivity contribution in [2.24, 2.45) is 11.8 Å². The number of amides is 1. The van der Waals surface area contributed by atoms with Crippen molar-refractivity contribution < 1.29 is 9.90 Å². The molecular formula is C21H32N2O2. The summed E-state index contributed by atoms with van der Waals surface area (Å²) in [6.45, 7) is 5.05. The van der Waals surface area contributed by atoms with E-state index in [1.807, 2.05) is 6.07 Å². The first-order chi connectivity index (χ1) is 12.0. The van der Waals surface area contributed by atoms with Gasteiger partial charge in [0.25, 0.3) is 0 Å². The first kappa shape index (κ1) is 18.2. The molecule has 0 saturated heterocycles. The van der Waals surface area contributed by atoms with E-state index in [0.717, 1.165) is 23.5 Å². The Bertz CT molecular complexity index is 594. The van der Waals surface area contributed by atoms with Crippen LogP contribution in [-0.2, 0) is 17.8 Å². The highest BCUT2D eigenvalue weighted by Crippen LogP contribution is 2.29. The summed E-state index contributed by atoms with van der Waals surface area (Å²) in [5.74, 6) is 1.63. The zero-order valence-corrected chi connectivity index (χ0v) is 15.6. The maximum atomic E-state index is 12.8. The standard InChI is InChI=1S/C21H32N2O2/c1-14(2)19(10-15-6-4-3-5-7-15)23-21(25)20-12-16-8-9-18(24)11-17(16)13-22-20/h8-9,11,14-15,19-20,22,24H,3-7,10,12-13H2,1-2H3,(H,23,25)/t19?,20-/m1/s1. The Kier molecular flexibility index (Phi) is 6.00. The molecule has 0 aromatic heterocycles. The Balaban J connectivity index is 1.58. The number of carbonyl (C=O) groups is 1. The fourth-order valence-corrected chi connectivity index (χ4v) is 4.25. The Morgan fingerprint density at radius 3 is 2.72 bits per heavy atom. The number of nitrogens with one attached hydrogen (secondary N) is 2. The number of aromatic hydroxyl groups is 1. The van der Waals surface area contributed by atoms with E-state index in [2.05, 4.69) is 24.5 Å². The lowest BCUT2D eigenvalue weighted by Gasteiger charge is -2.32. The largest absolute Gasteiger partial charge is 0.508 e. The summed E-state index contributed by atoms with van der Waals surface area (Å²) in [5, 5.41) is 16.2. The molecular weight excluding hydrogens is 312 g/mol. The predicted molar refractivity (Wildman–Crippen MR) is 100 cm³/mol. The number of benzene rings is 1. The van der Waals surface area contributed by atoms with Crippen molar-refractivity contribution in [3.05, 3.63) is 29.3 Å². The molecule has 3 N–H and O–H groups in total. The smallest absolute Gasteiger partial charge is 0.237 e. The molecule has 4 heteroatoms. The van der Waals surface area contributed by atoms with Crippen LogP contribution in [-0.4, -0.2) is 23.1 Å². The molecule has 1 aromatic rings. The van der Waals surface area contributed by atoms with Crippen LogP contribution in [0.3, 0.4) is 0 Å². The molecule has 0 bridgehead atoms. The first-order valence-electron chi connectivity index (χ1n) is 9.87. The normalized spacial score (nSPS) is 22.4. The monoisotopic (exact) mass is 344 g/mol. The minimum atomic E-state index is -0.176. The zero-order chi connectivity index (χ0) is 17.8. The predicted octanol–water partition coefficient (Wildman–Crippen LogP) is 3.52. The van der Waals surface area contributed by atoms with Gasteiger partial charge in [-0.1, -0.05) is 52.0 Å². The minimum absolute atomic E-state index is 0.119. The topological polar surface area (TPSA) is 61.4 Å². The Morgan fingerprint density at radius 1 is 1.24 bits per heavy atom. The summed E-state index contributed by atoms with van der Waals surface area (Å²) in [7, 11) is 0. The van der Waals surface area contributed by atoms with Crippen molar-refractivity contribution in [3.8, 4) is 5.75 Å². The van der Waals surface area contributed by atoms with Crippen LogP contribution in [0.1, 0.15) is 63.5 Å². The van der Waals surface area contributed by atoms with Gasteiger partial charge in [-0.2, -0.15) is 0 Å². The van der Waals surface area contributed by atoms with Crippen LogP contribution >= 0.6 is 0 Å². The van der Waals surface area contributed by atoms with E-state index in [1.165, 1.54) is 32.1 Å². The van der Waals surface area contributed by atoms with Gasteiger partial charge in [-0.15, -0.1) is 0 Å². The summed E-state index contributed by atoms with van der Waals surface area (Å²) >= 11 is 0. The van der Waals surface area contributed by atoms with Gasteiger partial charge in [-0.3, -0.25) is 4.79 Å². The molecule has 1 unspecified atom stereocenters. The Labute approximate surface area is 151 Å². The fourth-order valence-electron chi connectivity index (χ4n) is 4.25. The summed E-state index contributed by atoms with van der Waals surface area (Å²) in [6, 6.07) is 5.52. The fraction of sp³-hybridized carbons (Fsp3) is 0.667. The third-order valence-corrected chi connectivity index (χ3v) is 5.91. The molecule has 1 amide bonds. The summed E-state index contributed by atoms with van der Waals surface area (Å²) in [6.07, 6.45) is 8.50. The van der Waals surface area contributed by atoms with E-state index in [4.69, 9.17) is 0 Å². The van der Waals surface area contributed by atoms with Gasteiger partial charge in [0, 0.05) is 12.6 Å². The molecule has 0 spiro atoms. The number of phenolic OH excluding ortho intramolecular Hbond substituents is 1. The summed E-state index contributed by atoms with van der Waals surface area (Å²) in [5.41, 5.74) is 2.25. The molecule has 1 heterocycles. The molecule has 3 rings (SSSR count). The number of hydrogen-bond acceptors (Lipinski definition) is 3. The van der Waals surface area contributed by atoms with Crippen molar-refractivity contribution in [1.82, 2.24) is 10.6 Å². The van der Waals surface area contributed by atoms with Gasteiger partial charge in [0.1, 0.15) is 5.75 Å². The number of carbonyl (C=O) groups excluding carboxylic acids is 1. The van der Waals surface area contributed by atoms with E-state index in [9.17, 15) is 9.90 Å². The molecule has 1 saturated carbocycles. The average molecular weight is 344 g/mol. The number of hydrogen-bond donors (Lipinski definition) is 3. The minimum Gasteiger partial charge on any atom is -0.508 e. The van der Waals surface area contributed by atoms with Crippen LogP contribution in [0.4, 0.5) is 0 Å². The maximum absolute atomic E-state index is 12.8. The SMILES string of the molecule is CC(C)C(CC1CCCCC1)NC(=O)[C@H]1Cc2ccc(O)cc2CN1. The van der Waals surface area contributed by atoms with Crippen molar-refractivity contribution in [2.75, 3.05) is 0 Å². The second-order valence-electron chi connectivity index (χ2n) is 8.19. The Hall–Kier alpha value is -1.55. The van der Waals surface area contributed by atoms with Crippen molar-refractivity contribution in [2.45, 2.75) is 77.4 Å². The quantitative estimate of drug-likeness (QED) is 0.766. The van der Waals surface area contributed by atoms with E-state index in [0.29, 0.717) is 18.9 Å². The maximum Gasteiger partial charge on any atom is 0.237 e. The molecule has 1 aliphatic carbocycles. The van der Waals surface area contributed by atoms with Crippen LogP contribution in [0, 0.1) is 11.8 Å². The van der Waals surface area contributed by atoms with Gasteiger partial charge in [0.2, 0.25) is 5.91 Å². The van der Waals surface area contributed by atoms with Crippen molar-refractivity contribution in [1.29, 1.82) is 0 Å². The number of fused-ring (bicyclic) bond motifs is 1. The molecule has 138 valence electrons. The molecule has 25 heavy (non-hydrogen) atoms. The molecule has 2 atom stereocenters. The van der Waals surface area contributed by atoms with Gasteiger partial charge in [-0.25, -0.2) is 0 Å².